The number of carbonyl (C=O) groups excluding carboxylic acids is 3. The van der Waals surface area contributed by atoms with Gasteiger partial charge in [0, 0.05) is 18.7 Å². The largest absolute Gasteiger partial charge is 0.497 e. The zero-order valence-electron chi connectivity index (χ0n) is 19.3. The highest BCUT2D eigenvalue weighted by Crippen LogP contribution is 2.44. The molecule has 2 aliphatic rings. The van der Waals surface area contributed by atoms with Crippen molar-refractivity contribution in [3.8, 4) is 11.5 Å². The average Bonchev–Trinajstić information content (AvgIpc) is 3.29. The van der Waals surface area contributed by atoms with Crippen LogP contribution in [0.15, 0.2) is 47.4 Å². The minimum atomic E-state index is -0.435. The highest BCUT2D eigenvalue weighted by atomic mass is 32.2. The predicted octanol–water partition coefficient (Wildman–Crippen LogP) is 2.91. The van der Waals surface area contributed by atoms with E-state index in [1.54, 1.807) is 42.5 Å². The van der Waals surface area contributed by atoms with E-state index in [-0.39, 0.29) is 22.9 Å². The van der Waals surface area contributed by atoms with Gasteiger partial charge >= 0.3 is 0 Å². The highest BCUT2D eigenvalue weighted by molar-refractivity contribution is 8.26. The molecular weight excluding hydrogens is 490 g/mol. The number of nitrogens with one attached hydrogen (secondary N) is 1. The maximum atomic E-state index is 13.5. The molecule has 4 rings (SSSR count). The molecule has 0 bridgehead atoms. The fraction of sp³-hybridized carbons (Fsp3) is 0.250. The van der Waals surface area contributed by atoms with Crippen molar-refractivity contribution in [2.75, 3.05) is 51.2 Å². The molecule has 9 nitrogen and oxygen atoms in total. The van der Waals surface area contributed by atoms with E-state index < -0.39 is 11.8 Å². The summed E-state index contributed by atoms with van der Waals surface area (Å²) < 4.78 is 15.9. The minimum Gasteiger partial charge on any atom is -0.497 e. The van der Waals surface area contributed by atoms with E-state index in [1.165, 1.54) is 31.1 Å². The van der Waals surface area contributed by atoms with Gasteiger partial charge in [-0.2, -0.15) is 0 Å². The second-order valence-electron chi connectivity index (χ2n) is 7.54. The van der Waals surface area contributed by atoms with E-state index in [0.717, 1.165) is 11.8 Å². The number of hydrogen-bond acceptors (Lipinski definition) is 8. The molecule has 0 aromatic heterocycles. The van der Waals surface area contributed by atoms with E-state index >= 15 is 0 Å². The zero-order valence-corrected chi connectivity index (χ0v) is 21.0. The molecule has 2 aromatic carbocycles. The van der Waals surface area contributed by atoms with Crippen LogP contribution in [-0.2, 0) is 19.1 Å². The van der Waals surface area contributed by atoms with Crippen LogP contribution < -0.4 is 19.7 Å². The first-order valence-electron chi connectivity index (χ1n) is 10.6. The first kappa shape index (κ1) is 24.7. The predicted molar refractivity (Wildman–Crippen MR) is 138 cm³/mol. The third-order valence-corrected chi connectivity index (χ3v) is 6.95. The second-order valence-corrected chi connectivity index (χ2v) is 9.19. The molecule has 0 radical (unpaired) electrons. The lowest BCUT2D eigenvalue weighted by molar-refractivity contribution is -0.122. The Bertz CT molecular complexity index is 1250. The van der Waals surface area contributed by atoms with Gasteiger partial charge in [0.1, 0.15) is 22.4 Å². The standard InChI is InChI=1S/C24H23N3O6S2/c1-31-11-10-26-23(30)21(35-24(26)34)20-15-6-4-5-7-17(15)27(22(20)29)13-19(28)25-16-9-8-14(32-2)12-18(16)33-3/h4-9,12H,10-11,13H2,1-3H3,(H,25,28)/b21-20-. The Balaban J connectivity index is 1.61. The third kappa shape index (κ3) is 4.75. The number of rotatable bonds is 8. The van der Waals surface area contributed by atoms with Gasteiger partial charge < -0.3 is 19.5 Å². The van der Waals surface area contributed by atoms with Crippen LogP contribution in [0.25, 0.3) is 5.57 Å². The summed E-state index contributed by atoms with van der Waals surface area (Å²) in [5.74, 6) is -0.201. The lowest BCUT2D eigenvalue weighted by atomic mass is 10.1. The van der Waals surface area contributed by atoms with Gasteiger partial charge in [-0.3, -0.25) is 24.2 Å². The molecule has 2 heterocycles. The molecule has 0 saturated carbocycles. The van der Waals surface area contributed by atoms with Crippen LogP contribution in [0.1, 0.15) is 5.56 Å². The number of carbonyl (C=O) groups is 3. The van der Waals surface area contributed by atoms with Crippen LogP contribution in [0, 0.1) is 0 Å². The summed E-state index contributed by atoms with van der Waals surface area (Å²) in [4.78, 5) is 42.6. The Morgan fingerprint density at radius 1 is 1.03 bits per heavy atom. The molecule has 11 heteroatoms. The summed E-state index contributed by atoms with van der Waals surface area (Å²) in [6.07, 6.45) is 0. The maximum Gasteiger partial charge on any atom is 0.267 e. The Labute approximate surface area is 212 Å². The molecule has 1 fully saturated rings. The molecule has 2 aliphatic heterocycles. The number of hydrogen-bond donors (Lipinski definition) is 1. The van der Waals surface area contributed by atoms with Gasteiger partial charge in [-0.1, -0.05) is 42.2 Å². The normalized spacial score (nSPS) is 17.2. The number of thioether (sulfide) groups is 1. The van der Waals surface area contributed by atoms with E-state index in [9.17, 15) is 14.4 Å². The molecule has 0 atom stereocenters. The van der Waals surface area contributed by atoms with Crippen LogP contribution in [0.5, 0.6) is 11.5 Å². The van der Waals surface area contributed by atoms with Gasteiger partial charge in [0.2, 0.25) is 5.91 Å². The van der Waals surface area contributed by atoms with Crippen molar-refractivity contribution in [1.82, 2.24) is 4.90 Å². The summed E-state index contributed by atoms with van der Waals surface area (Å²) in [7, 11) is 4.56. The van der Waals surface area contributed by atoms with E-state index in [4.69, 9.17) is 26.4 Å². The van der Waals surface area contributed by atoms with E-state index in [0.29, 0.717) is 45.9 Å². The summed E-state index contributed by atoms with van der Waals surface area (Å²) in [5, 5.41) is 2.78. The number of methoxy groups -OCH3 is 3. The third-order valence-electron chi connectivity index (χ3n) is 5.50. The molecule has 1 N–H and O–H groups in total. The van der Waals surface area contributed by atoms with Crippen molar-refractivity contribution in [3.05, 3.63) is 52.9 Å². The van der Waals surface area contributed by atoms with E-state index in [1.807, 2.05) is 0 Å². The Kier molecular flexibility index (Phi) is 7.39. The van der Waals surface area contributed by atoms with Crippen LogP contribution in [-0.4, -0.2) is 68.0 Å². The number of benzene rings is 2. The number of amides is 3. The van der Waals surface area contributed by atoms with Crippen LogP contribution >= 0.6 is 24.0 Å². The first-order chi connectivity index (χ1) is 16.9. The molecule has 182 valence electrons. The Hall–Kier alpha value is -3.41. The molecular formula is C24H23N3O6S2. The zero-order chi connectivity index (χ0) is 25.1. The van der Waals surface area contributed by atoms with Crippen molar-refractivity contribution in [2.45, 2.75) is 0 Å². The van der Waals surface area contributed by atoms with Gasteiger partial charge in [0.15, 0.2) is 0 Å². The van der Waals surface area contributed by atoms with E-state index in [2.05, 4.69) is 5.32 Å². The maximum absolute atomic E-state index is 13.5. The quantitative estimate of drug-likeness (QED) is 0.425. The number of anilines is 2. The highest BCUT2D eigenvalue weighted by Gasteiger charge is 2.42. The minimum absolute atomic E-state index is 0.243. The number of fused-ring (bicyclic) bond motifs is 1. The average molecular weight is 514 g/mol. The van der Waals surface area contributed by atoms with Crippen LogP contribution in [0.2, 0.25) is 0 Å². The topological polar surface area (TPSA) is 97.4 Å². The lowest BCUT2D eigenvalue weighted by Gasteiger charge is -2.18. The molecule has 3 amide bonds. The van der Waals surface area contributed by atoms with Crippen molar-refractivity contribution in [1.29, 1.82) is 0 Å². The fourth-order valence-corrected chi connectivity index (χ4v) is 5.20. The monoisotopic (exact) mass is 513 g/mol. The van der Waals surface area contributed by atoms with Crippen molar-refractivity contribution in [3.63, 3.8) is 0 Å². The fourth-order valence-electron chi connectivity index (χ4n) is 3.82. The number of ether oxygens (including phenoxy) is 3. The number of nitrogens with zero attached hydrogens (tertiary/aromatic N) is 2. The molecule has 0 spiro atoms. The Morgan fingerprint density at radius 2 is 1.80 bits per heavy atom. The van der Waals surface area contributed by atoms with Gasteiger partial charge in [-0.15, -0.1) is 0 Å². The van der Waals surface area contributed by atoms with Crippen molar-refractivity contribution >= 4 is 63.0 Å². The molecule has 0 unspecified atom stereocenters. The van der Waals surface area contributed by atoms with Crippen molar-refractivity contribution in [2.24, 2.45) is 0 Å². The summed E-state index contributed by atoms with van der Waals surface area (Å²) in [5.41, 5.74) is 1.82. The summed E-state index contributed by atoms with van der Waals surface area (Å²) in [6.45, 7) is 0.364. The summed E-state index contributed by atoms with van der Waals surface area (Å²) >= 11 is 6.45. The second kappa shape index (κ2) is 10.5. The molecule has 2 aromatic rings. The number of para-hydroxylation sites is 1. The SMILES string of the molecule is COCCN1C(=O)/C(=C2/C(=O)N(CC(=O)Nc3ccc(OC)cc3OC)c3ccccc32)SC1=S. The number of thiocarbonyl (C=S) groups is 1. The van der Waals surface area contributed by atoms with Gasteiger partial charge in [-0.25, -0.2) is 0 Å². The van der Waals surface area contributed by atoms with Gasteiger partial charge in [0.05, 0.1) is 49.2 Å². The Morgan fingerprint density at radius 3 is 2.51 bits per heavy atom. The molecule has 35 heavy (non-hydrogen) atoms. The van der Waals surface area contributed by atoms with Gasteiger partial charge in [-0.05, 0) is 18.2 Å². The molecule has 0 aliphatic carbocycles. The summed E-state index contributed by atoms with van der Waals surface area (Å²) in [6, 6.07) is 12.1. The van der Waals surface area contributed by atoms with Gasteiger partial charge in [0.25, 0.3) is 11.8 Å². The lowest BCUT2D eigenvalue weighted by Crippen LogP contribution is -2.36. The van der Waals surface area contributed by atoms with Crippen molar-refractivity contribution < 1.29 is 28.6 Å². The van der Waals surface area contributed by atoms with Crippen LogP contribution in [0.3, 0.4) is 0 Å². The van der Waals surface area contributed by atoms with Crippen LogP contribution in [0.4, 0.5) is 11.4 Å². The molecule has 1 saturated heterocycles. The first-order valence-corrected chi connectivity index (χ1v) is 11.8. The smallest absolute Gasteiger partial charge is 0.267 e.